The average molecular weight is 379 g/mol. The maximum atomic E-state index is 11.4. The van der Waals surface area contributed by atoms with E-state index in [2.05, 4.69) is 69.6 Å². The lowest BCUT2D eigenvalue weighted by Crippen LogP contribution is -2.31. The van der Waals surface area contributed by atoms with E-state index in [-0.39, 0.29) is 11.8 Å². The smallest absolute Gasteiger partial charge is 0.240 e. The molecule has 0 bridgehead atoms. The molecule has 148 valence electrons. The van der Waals surface area contributed by atoms with Crippen LogP contribution in [0.1, 0.15) is 56.6 Å². The first-order chi connectivity index (χ1) is 13.7. The number of carbonyl (C=O) groups excluding carboxylic acids is 1. The van der Waals surface area contributed by atoms with Crippen LogP contribution in [-0.2, 0) is 11.3 Å². The van der Waals surface area contributed by atoms with Crippen molar-refractivity contribution in [3.05, 3.63) is 53.9 Å². The van der Waals surface area contributed by atoms with Crippen LogP contribution < -0.4 is 5.43 Å². The first-order valence-corrected chi connectivity index (χ1v) is 10.6. The average Bonchev–Trinajstić information content (AvgIpc) is 3.13. The molecule has 1 unspecified atom stereocenters. The van der Waals surface area contributed by atoms with E-state index < -0.39 is 0 Å². The summed E-state index contributed by atoms with van der Waals surface area (Å²) in [5.74, 6) is 0.142. The van der Waals surface area contributed by atoms with Gasteiger partial charge in [-0.25, -0.2) is 5.43 Å². The molecule has 1 saturated heterocycles. The quantitative estimate of drug-likeness (QED) is 0.871. The van der Waals surface area contributed by atoms with Gasteiger partial charge in [-0.2, -0.15) is 5.10 Å². The Morgan fingerprint density at radius 1 is 1.04 bits per heavy atom. The number of rotatable bonds is 4. The van der Waals surface area contributed by atoms with Crippen molar-refractivity contribution >= 4 is 11.6 Å². The van der Waals surface area contributed by atoms with Crippen molar-refractivity contribution in [2.45, 2.75) is 52.0 Å². The van der Waals surface area contributed by atoms with Gasteiger partial charge in [0.1, 0.15) is 0 Å². The number of amides is 1. The lowest BCUT2D eigenvalue weighted by Gasteiger charge is -2.23. The SMILES string of the molecule is CC1CC(=O)NN=C1c1ccc(-n2ccc(CN3CCCCCCC3)c2)cc1. The fourth-order valence-electron chi connectivity index (χ4n) is 4.23. The Labute approximate surface area is 167 Å². The largest absolute Gasteiger partial charge is 0.324 e. The van der Waals surface area contributed by atoms with Crippen LogP contribution in [0.4, 0.5) is 0 Å². The molecule has 3 heterocycles. The van der Waals surface area contributed by atoms with Gasteiger partial charge in [0.2, 0.25) is 5.91 Å². The minimum Gasteiger partial charge on any atom is -0.324 e. The fraction of sp³-hybridized carbons (Fsp3) is 0.478. The molecule has 1 atom stereocenters. The lowest BCUT2D eigenvalue weighted by molar-refractivity contribution is -0.121. The van der Waals surface area contributed by atoms with Gasteiger partial charge >= 0.3 is 0 Å². The Hall–Kier alpha value is -2.40. The zero-order valence-electron chi connectivity index (χ0n) is 16.7. The van der Waals surface area contributed by atoms with Crippen LogP contribution in [0, 0.1) is 5.92 Å². The maximum absolute atomic E-state index is 11.4. The van der Waals surface area contributed by atoms with Crippen LogP contribution in [0.2, 0.25) is 0 Å². The van der Waals surface area contributed by atoms with Crippen LogP contribution in [0.15, 0.2) is 47.8 Å². The van der Waals surface area contributed by atoms with Crippen molar-refractivity contribution < 1.29 is 4.79 Å². The molecule has 1 N–H and O–H groups in total. The van der Waals surface area contributed by atoms with Gasteiger partial charge in [-0.15, -0.1) is 0 Å². The van der Waals surface area contributed by atoms with E-state index >= 15 is 0 Å². The Balaban J connectivity index is 1.43. The summed E-state index contributed by atoms with van der Waals surface area (Å²) in [4.78, 5) is 14.0. The van der Waals surface area contributed by atoms with E-state index in [0.717, 1.165) is 23.5 Å². The number of nitrogens with zero attached hydrogens (tertiary/aromatic N) is 3. The number of nitrogens with one attached hydrogen (secondary N) is 1. The Bertz CT molecular complexity index is 829. The molecule has 4 rings (SSSR count). The van der Waals surface area contributed by atoms with Gasteiger partial charge in [0.25, 0.3) is 0 Å². The van der Waals surface area contributed by atoms with Crippen molar-refractivity contribution in [3.63, 3.8) is 0 Å². The van der Waals surface area contributed by atoms with Gasteiger partial charge < -0.3 is 4.57 Å². The van der Waals surface area contributed by atoms with Gasteiger partial charge in [-0.3, -0.25) is 9.69 Å². The zero-order valence-corrected chi connectivity index (χ0v) is 16.7. The third-order valence-electron chi connectivity index (χ3n) is 5.83. The molecule has 0 aliphatic carbocycles. The number of aromatic nitrogens is 1. The van der Waals surface area contributed by atoms with Crippen molar-refractivity contribution in [1.82, 2.24) is 14.9 Å². The molecule has 2 aliphatic rings. The highest BCUT2D eigenvalue weighted by Gasteiger charge is 2.21. The third-order valence-corrected chi connectivity index (χ3v) is 5.83. The summed E-state index contributed by atoms with van der Waals surface area (Å²) in [5.41, 5.74) is 7.15. The third kappa shape index (κ3) is 4.53. The van der Waals surface area contributed by atoms with Crippen molar-refractivity contribution in [1.29, 1.82) is 0 Å². The summed E-state index contributed by atoms with van der Waals surface area (Å²) in [7, 11) is 0. The molecule has 0 saturated carbocycles. The van der Waals surface area contributed by atoms with Crippen LogP contribution in [0.3, 0.4) is 0 Å². The molecule has 0 spiro atoms. The predicted molar refractivity (Wildman–Crippen MR) is 113 cm³/mol. The van der Waals surface area contributed by atoms with E-state index in [9.17, 15) is 4.79 Å². The molecule has 1 aromatic heterocycles. The normalized spacial score (nSPS) is 21.5. The highest BCUT2D eigenvalue weighted by Crippen LogP contribution is 2.20. The second-order valence-corrected chi connectivity index (χ2v) is 8.16. The number of carbonyl (C=O) groups is 1. The van der Waals surface area contributed by atoms with Gasteiger partial charge in [0.15, 0.2) is 0 Å². The van der Waals surface area contributed by atoms with E-state index in [1.807, 2.05) is 0 Å². The minimum atomic E-state index is -0.00669. The fourth-order valence-corrected chi connectivity index (χ4v) is 4.23. The second kappa shape index (κ2) is 8.74. The van der Waals surface area contributed by atoms with Crippen LogP contribution >= 0.6 is 0 Å². The molecule has 5 heteroatoms. The Morgan fingerprint density at radius 3 is 2.46 bits per heavy atom. The first kappa shape index (κ1) is 18.9. The lowest BCUT2D eigenvalue weighted by atomic mass is 9.94. The van der Waals surface area contributed by atoms with Crippen molar-refractivity contribution in [2.24, 2.45) is 11.0 Å². The summed E-state index contributed by atoms with van der Waals surface area (Å²) in [5, 5.41) is 4.25. The topological polar surface area (TPSA) is 49.6 Å². The molecular formula is C23H30N4O. The van der Waals surface area contributed by atoms with E-state index in [4.69, 9.17) is 0 Å². The number of benzene rings is 1. The molecule has 1 aromatic carbocycles. The number of hydrazone groups is 1. The Morgan fingerprint density at radius 2 is 1.75 bits per heavy atom. The number of hydrogen-bond donors (Lipinski definition) is 1. The summed E-state index contributed by atoms with van der Waals surface area (Å²) in [6.07, 6.45) is 11.7. The summed E-state index contributed by atoms with van der Waals surface area (Å²) in [6.45, 7) is 5.53. The van der Waals surface area contributed by atoms with Crippen LogP contribution in [-0.4, -0.2) is 34.2 Å². The standard InChI is InChI=1S/C23H30N4O/c1-18-15-22(28)24-25-23(18)20-7-9-21(10-8-20)27-14-11-19(17-27)16-26-12-5-3-2-4-6-13-26/h7-11,14,17-18H,2-6,12-13,15-16H2,1H3,(H,24,28). The molecule has 0 radical (unpaired) electrons. The number of likely N-dealkylation sites (tertiary alicyclic amines) is 1. The minimum absolute atomic E-state index is 0.00669. The molecule has 2 aromatic rings. The molecule has 1 fully saturated rings. The molecule has 5 nitrogen and oxygen atoms in total. The van der Waals surface area contributed by atoms with Crippen molar-refractivity contribution in [2.75, 3.05) is 13.1 Å². The second-order valence-electron chi connectivity index (χ2n) is 8.16. The summed E-state index contributed by atoms with van der Waals surface area (Å²) < 4.78 is 2.19. The molecule has 2 aliphatic heterocycles. The monoisotopic (exact) mass is 378 g/mol. The number of hydrogen-bond acceptors (Lipinski definition) is 3. The zero-order chi connectivity index (χ0) is 19.3. The van der Waals surface area contributed by atoms with Crippen LogP contribution in [0.25, 0.3) is 5.69 Å². The highest BCUT2D eigenvalue weighted by atomic mass is 16.2. The molecule has 1 amide bonds. The van der Waals surface area contributed by atoms with Crippen molar-refractivity contribution in [3.8, 4) is 5.69 Å². The summed E-state index contributed by atoms with van der Waals surface area (Å²) in [6, 6.07) is 10.7. The van der Waals surface area contributed by atoms with Crippen LogP contribution in [0.5, 0.6) is 0 Å². The van der Waals surface area contributed by atoms with Gasteiger partial charge in [-0.05, 0) is 55.3 Å². The van der Waals surface area contributed by atoms with Gasteiger partial charge in [0.05, 0.1) is 5.71 Å². The van der Waals surface area contributed by atoms with E-state index in [1.54, 1.807) is 0 Å². The van der Waals surface area contributed by atoms with Gasteiger partial charge in [0, 0.05) is 37.0 Å². The maximum Gasteiger partial charge on any atom is 0.240 e. The van der Waals surface area contributed by atoms with E-state index in [1.165, 1.54) is 50.8 Å². The highest BCUT2D eigenvalue weighted by molar-refractivity contribution is 6.05. The molecular weight excluding hydrogens is 348 g/mol. The first-order valence-electron chi connectivity index (χ1n) is 10.6. The predicted octanol–water partition coefficient (Wildman–Crippen LogP) is 4.10. The summed E-state index contributed by atoms with van der Waals surface area (Å²) >= 11 is 0. The van der Waals surface area contributed by atoms with Gasteiger partial charge in [-0.1, -0.05) is 38.3 Å². The van der Waals surface area contributed by atoms with E-state index in [0.29, 0.717) is 6.42 Å². The molecule has 28 heavy (non-hydrogen) atoms. The Kier molecular flexibility index (Phi) is 5.91.